The number of aromatic amines is 1. The van der Waals surface area contributed by atoms with Gasteiger partial charge in [-0.3, -0.25) is 4.79 Å². The molecule has 206 valence electrons. The van der Waals surface area contributed by atoms with Crippen LogP contribution >= 0.6 is 47.8 Å². The topological polar surface area (TPSA) is 92.8 Å². The van der Waals surface area contributed by atoms with Crippen LogP contribution in [-0.2, 0) is 0 Å². The van der Waals surface area contributed by atoms with Crippen LogP contribution in [0.4, 0.5) is 0 Å². The molecule has 0 fully saturated rings. The molecular formula is C31H22Br3N3O4. The normalized spacial score (nSPS) is 11.1. The smallest absolute Gasteiger partial charge is 0.343 e. The summed E-state index contributed by atoms with van der Waals surface area (Å²) in [5.41, 5.74) is 7.07. The van der Waals surface area contributed by atoms with E-state index in [0.717, 1.165) is 25.5 Å². The zero-order valence-electron chi connectivity index (χ0n) is 21.8. The van der Waals surface area contributed by atoms with E-state index >= 15 is 0 Å². The van der Waals surface area contributed by atoms with Crippen molar-refractivity contribution in [2.45, 2.75) is 6.92 Å². The third kappa shape index (κ3) is 6.14. The number of fused-ring (bicyclic) bond motifs is 1. The molecule has 1 amide bonds. The van der Waals surface area contributed by atoms with E-state index in [0.29, 0.717) is 38.1 Å². The first-order chi connectivity index (χ1) is 19.8. The predicted molar refractivity (Wildman–Crippen MR) is 171 cm³/mol. The molecule has 0 saturated heterocycles. The summed E-state index contributed by atoms with van der Waals surface area (Å²) >= 11 is 10.6. The Kier molecular flexibility index (Phi) is 8.72. The van der Waals surface area contributed by atoms with E-state index in [4.69, 9.17) is 9.47 Å². The Bertz CT molecular complexity index is 1800. The van der Waals surface area contributed by atoms with E-state index < -0.39 is 11.9 Å². The van der Waals surface area contributed by atoms with Gasteiger partial charge in [-0.1, -0.05) is 79.9 Å². The number of H-pyrrole nitrogens is 1. The van der Waals surface area contributed by atoms with Gasteiger partial charge in [-0.05, 0) is 64.8 Å². The van der Waals surface area contributed by atoms with Crippen LogP contribution in [-0.4, -0.2) is 30.2 Å². The predicted octanol–water partition coefficient (Wildman–Crippen LogP) is 8.42. The molecule has 0 radical (unpaired) electrons. The fourth-order valence-electron chi connectivity index (χ4n) is 4.31. The number of hydrogen-bond donors (Lipinski definition) is 2. The van der Waals surface area contributed by atoms with Gasteiger partial charge in [-0.25, -0.2) is 10.2 Å². The summed E-state index contributed by atoms with van der Waals surface area (Å²) in [7, 11) is 1.58. The molecule has 4 aromatic carbocycles. The maximum Gasteiger partial charge on any atom is 0.343 e. The monoisotopic (exact) mass is 737 g/mol. The maximum atomic E-state index is 13.5. The first-order valence-electron chi connectivity index (χ1n) is 12.3. The number of hydrazone groups is 1. The summed E-state index contributed by atoms with van der Waals surface area (Å²) in [6.07, 6.45) is 1.42. The van der Waals surface area contributed by atoms with E-state index in [1.165, 1.54) is 6.21 Å². The van der Waals surface area contributed by atoms with Crippen molar-refractivity contribution < 1.29 is 19.1 Å². The van der Waals surface area contributed by atoms with Gasteiger partial charge in [0.25, 0.3) is 5.91 Å². The zero-order valence-corrected chi connectivity index (χ0v) is 26.6. The van der Waals surface area contributed by atoms with Gasteiger partial charge in [0.2, 0.25) is 0 Å². The van der Waals surface area contributed by atoms with Gasteiger partial charge in [-0.15, -0.1) is 0 Å². The molecule has 0 saturated carbocycles. The number of carbonyl (C=O) groups is 2. The minimum absolute atomic E-state index is 0.265. The van der Waals surface area contributed by atoms with Crippen LogP contribution in [0.5, 0.6) is 11.5 Å². The Morgan fingerprint density at radius 2 is 1.66 bits per heavy atom. The van der Waals surface area contributed by atoms with Crippen molar-refractivity contribution in [2.75, 3.05) is 7.11 Å². The molecule has 0 unspecified atom stereocenters. The average Bonchev–Trinajstić information content (AvgIpc) is 3.37. The first kappa shape index (κ1) is 28.8. The third-order valence-corrected chi connectivity index (χ3v) is 7.97. The number of aryl methyl sites for hydroxylation is 1. The van der Waals surface area contributed by atoms with E-state index in [2.05, 4.69) is 63.3 Å². The number of esters is 1. The number of methoxy groups -OCH3 is 1. The van der Waals surface area contributed by atoms with Crippen LogP contribution in [0, 0.1) is 6.92 Å². The summed E-state index contributed by atoms with van der Waals surface area (Å²) in [6, 6.07) is 23.9. The van der Waals surface area contributed by atoms with Gasteiger partial charge in [0, 0.05) is 25.5 Å². The van der Waals surface area contributed by atoms with Crippen LogP contribution in [0.2, 0.25) is 0 Å². The number of nitrogens with one attached hydrogen (secondary N) is 2. The second kappa shape index (κ2) is 12.4. The zero-order chi connectivity index (χ0) is 29.1. The fourth-order valence-corrected chi connectivity index (χ4v) is 6.18. The lowest BCUT2D eigenvalue weighted by Gasteiger charge is -2.11. The van der Waals surface area contributed by atoms with Crippen LogP contribution in [0.15, 0.2) is 97.4 Å². The lowest BCUT2D eigenvalue weighted by molar-refractivity contribution is 0.0733. The van der Waals surface area contributed by atoms with E-state index in [1.54, 1.807) is 31.4 Å². The molecule has 0 bridgehead atoms. The number of nitrogens with zero attached hydrogens (tertiary/aromatic N) is 1. The Morgan fingerprint density at radius 1 is 0.927 bits per heavy atom. The highest BCUT2D eigenvalue weighted by molar-refractivity contribution is 9.11. The van der Waals surface area contributed by atoms with Crippen molar-refractivity contribution >= 4 is 76.8 Å². The molecule has 0 aliphatic heterocycles. The van der Waals surface area contributed by atoms with E-state index in [9.17, 15) is 9.59 Å². The summed E-state index contributed by atoms with van der Waals surface area (Å²) < 4.78 is 13.3. The molecule has 1 heterocycles. The molecule has 0 aliphatic carbocycles. The van der Waals surface area contributed by atoms with Gasteiger partial charge in [-0.2, -0.15) is 5.10 Å². The average molecular weight is 740 g/mol. The molecule has 0 atom stereocenters. The standard InChI is InChI=1S/C31H22Br3N3O4/c1-17-8-10-19(11-9-17)31(39)41-29-20(14-21(32)15-23(29)34)16-35-37-30(38)28-25(18-6-4-3-5-7-18)26-22(33)12-13-24(40-2)27(26)36-28/h3-16,36H,1-2H3,(H,37,38). The summed E-state index contributed by atoms with van der Waals surface area (Å²) in [4.78, 5) is 29.6. The highest BCUT2D eigenvalue weighted by Gasteiger charge is 2.23. The van der Waals surface area contributed by atoms with Crippen molar-refractivity contribution in [3.63, 3.8) is 0 Å². The van der Waals surface area contributed by atoms with Crippen LogP contribution in [0.3, 0.4) is 0 Å². The highest BCUT2D eigenvalue weighted by Crippen LogP contribution is 2.41. The number of ether oxygens (including phenoxy) is 2. The minimum atomic E-state index is -0.517. The van der Waals surface area contributed by atoms with Gasteiger partial charge in [0.15, 0.2) is 5.75 Å². The molecule has 7 nitrogen and oxygen atoms in total. The van der Waals surface area contributed by atoms with Crippen LogP contribution in [0.1, 0.15) is 32.0 Å². The fraction of sp³-hybridized carbons (Fsp3) is 0.0645. The molecule has 2 N–H and O–H groups in total. The number of halogens is 3. The van der Waals surface area contributed by atoms with Crippen LogP contribution < -0.4 is 14.9 Å². The number of rotatable bonds is 7. The van der Waals surface area contributed by atoms with Gasteiger partial charge < -0.3 is 14.5 Å². The second-order valence-corrected chi connectivity index (χ2v) is 11.6. The summed E-state index contributed by atoms with van der Waals surface area (Å²) in [5, 5.41) is 5.01. The molecule has 5 rings (SSSR count). The quantitative estimate of drug-likeness (QED) is 0.0759. The van der Waals surface area contributed by atoms with Crippen molar-refractivity contribution in [1.82, 2.24) is 10.4 Å². The minimum Gasteiger partial charge on any atom is -0.495 e. The Morgan fingerprint density at radius 3 is 2.37 bits per heavy atom. The lowest BCUT2D eigenvalue weighted by Crippen LogP contribution is -2.19. The number of hydrogen-bond acceptors (Lipinski definition) is 5. The van der Waals surface area contributed by atoms with E-state index in [1.807, 2.05) is 61.5 Å². The molecule has 41 heavy (non-hydrogen) atoms. The first-order valence-corrected chi connectivity index (χ1v) is 14.7. The molecule has 1 aromatic heterocycles. The van der Waals surface area contributed by atoms with Crippen molar-refractivity contribution in [3.05, 3.63) is 115 Å². The Labute approximate surface area is 261 Å². The summed E-state index contributed by atoms with van der Waals surface area (Å²) in [6.45, 7) is 1.94. The molecular weight excluding hydrogens is 718 g/mol. The maximum absolute atomic E-state index is 13.5. The van der Waals surface area contributed by atoms with Crippen LogP contribution in [0.25, 0.3) is 22.0 Å². The number of carbonyl (C=O) groups excluding carboxylic acids is 2. The third-order valence-electron chi connectivity index (χ3n) is 6.26. The van der Waals surface area contributed by atoms with Gasteiger partial charge in [0.05, 0.1) is 28.9 Å². The number of amides is 1. The second-order valence-electron chi connectivity index (χ2n) is 9.00. The highest BCUT2D eigenvalue weighted by atomic mass is 79.9. The largest absolute Gasteiger partial charge is 0.495 e. The van der Waals surface area contributed by atoms with Crippen molar-refractivity contribution in [1.29, 1.82) is 0 Å². The Hall–Kier alpha value is -3.73. The molecule has 5 aromatic rings. The number of aromatic nitrogens is 1. The van der Waals surface area contributed by atoms with Crippen molar-refractivity contribution in [2.24, 2.45) is 5.10 Å². The molecule has 0 spiro atoms. The SMILES string of the molecule is COc1ccc(Br)c2c(-c3ccccc3)c(C(=O)NN=Cc3cc(Br)cc(Br)c3OC(=O)c3ccc(C)cc3)[nH]c12. The van der Waals surface area contributed by atoms with Gasteiger partial charge >= 0.3 is 5.97 Å². The van der Waals surface area contributed by atoms with Gasteiger partial charge in [0.1, 0.15) is 11.4 Å². The summed E-state index contributed by atoms with van der Waals surface area (Å²) in [5.74, 6) is -0.114. The van der Waals surface area contributed by atoms with E-state index in [-0.39, 0.29) is 5.75 Å². The Balaban J connectivity index is 1.47. The number of benzene rings is 4. The molecule has 10 heteroatoms. The molecule has 0 aliphatic rings. The lowest BCUT2D eigenvalue weighted by atomic mass is 10.0. The van der Waals surface area contributed by atoms with Crippen molar-refractivity contribution in [3.8, 4) is 22.6 Å².